The summed E-state index contributed by atoms with van der Waals surface area (Å²) >= 11 is 0. The number of carbonyl (C=O) groups excluding carboxylic acids is 1. The summed E-state index contributed by atoms with van der Waals surface area (Å²) in [6.45, 7) is -0.521. The van der Waals surface area contributed by atoms with Crippen LogP contribution < -0.4 is 22.3 Å². The Hall–Kier alpha value is -1.82. The molecule has 6 atom stereocenters. The van der Waals surface area contributed by atoms with E-state index in [1.54, 1.807) is 0 Å². The number of fused-ring (bicyclic) bond motifs is 1. The largest absolute Gasteiger partial charge is 0.490 e. The van der Waals surface area contributed by atoms with E-state index in [0.717, 1.165) is 22.9 Å². The second-order valence-electron chi connectivity index (χ2n) is 7.84. The molecule has 9 N–H and O–H groups in total. The Balaban J connectivity index is 1.71. The van der Waals surface area contributed by atoms with Crippen molar-refractivity contribution in [3.63, 3.8) is 0 Å². The molecule has 2 aliphatic rings. The maximum atomic E-state index is 12.3. The van der Waals surface area contributed by atoms with E-state index in [-0.39, 0.29) is 25.1 Å². The normalized spacial score (nSPS) is 28.4. The first-order valence-electron chi connectivity index (χ1n) is 10.1. The number of phosphoric acid groups is 3. The molecule has 4 unspecified atom stereocenters. The SMILES string of the molecule is NCCNC(=O)/C=C/c1cn([C@H]2CC3[C@@H](O)C3(COP(=O)(O)OP(=O)(O)OP(=O)(O)O)O2)c(=O)[nH]c1=O. The third-order valence-electron chi connectivity index (χ3n) is 5.24. The van der Waals surface area contributed by atoms with Crippen molar-refractivity contribution in [2.75, 3.05) is 19.7 Å². The number of hydrogen-bond acceptors (Lipinski definition) is 12. The molecule has 22 heteroatoms. The third-order valence-corrected chi connectivity index (χ3v) is 9.03. The van der Waals surface area contributed by atoms with Crippen molar-refractivity contribution in [1.29, 1.82) is 0 Å². The van der Waals surface area contributed by atoms with Crippen LogP contribution in [0.25, 0.3) is 6.08 Å². The van der Waals surface area contributed by atoms with Crippen LogP contribution in [0.5, 0.6) is 0 Å². The van der Waals surface area contributed by atoms with E-state index in [0.29, 0.717) is 0 Å². The molecule has 1 aliphatic heterocycles. The Kier molecular flexibility index (Phi) is 8.63. The number of carbonyl (C=O) groups is 1. The molecule has 0 bridgehead atoms. The van der Waals surface area contributed by atoms with Gasteiger partial charge < -0.3 is 40.5 Å². The van der Waals surface area contributed by atoms with Gasteiger partial charge in [-0.3, -0.25) is 23.7 Å². The highest BCUT2D eigenvalue weighted by atomic mass is 31.3. The van der Waals surface area contributed by atoms with E-state index in [4.69, 9.17) is 20.3 Å². The minimum atomic E-state index is -5.74. The first-order chi connectivity index (χ1) is 17.0. The number of hydrogen-bond donors (Lipinski definition) is 8. The van der Waals surface area contributed by atoms with E-state index >= 15 is 0 Å². The third kappa shape index (κ3) is 7.40. The summed E-state index contributed by atoms with van der Waals surface area (Å²) in [4.78, 5) is 74.1. The predicted octanol–water partition coefficient (Wildman–Crippen LogP) is -2.38. The molecule has 0 aromatic carbocycles. The van der Waals surface area contributed by atoms with Crippen LogP contribution in [0.3, 0.4) is 0 Å². The van der Waals surface area contributed by atoms with Crippen molar-refractivity contribution in [2.45, 2.75) is 24.4 Å². The summed E-state index contributed by atoms with van der Waals surface area (Å²) in [5.41, 5.74) is 1.80. The van der Waals surface area contributed by atoms with Gasteiger partial charge in [-0.25, -0.2) is 18.5 Å². The number of aliphatic hydroxyl groups excluding tert-OH is 1. The summed E-state index contributed by atoms with van der Waals surface area (Å²) < 4.78 is 52.5. The summed E-state index contributed by atoms with van der Waals surface area (Å²) in [7, 11) is -16.8. The molecular weight excluding hydrogens is 569 g/mol. The zero-order valence-electron chi connectivity index (χ0n) is 18.5. The van der Waals surface area contributed by atoms with Crippen LogP contribution in [0.4, 0.5) is 0 Å². The molecule has 1 aromatic rings. The Labute approximate surface area is 206 Å². The van der Waals surface area contributed by atoms with E-state index in [1.807, 2.05) is 4.98 Å². The van der Waals surface area contributed by atoms with E-state index in [9.17, 15) is 43.0 Å². The molecule has 1 saturated carbocycles. The van der Waals surface area contributed by atoms with E-state index in [2.05, 4.69) is 18.5 Å². The highest BCUT2D eigenvalue weighted by Gasteiger charge is 2.72. The molecule has 1 amide bonds. The summed E-state index contributed by atoms with van der Waals surface area (Å²) in [5, 5.41) is 12.6. The Bertz CT molecular complexity index is 1340. The molecule has 0 spiro atoms. The maximum Gasteiger partial charge on any atom is 0.490 e. The minimum Gasteiger partial charge on any atom is -0.390 e. The monoisotopic (exact) mass is 592 g/mol. The lowest BCUT2D eigenvalue weighted by atomic mass is 10.2. The van der Waals surface area contributed by atoms with Crippen molar-refractivity contribution in [3.05, 3.63) is 38.7 Å². The number of amides is 1. The van der Waals surface area contributed by atoms with Crippen molar-refractivity contribution in [1.82, 2.24) is 14.9 Å². The standard InChI is InChI=1S/C15H23N4O15P3/c16-3-4-17-10(20)2-1-8-6-19(14(23)18-13(8)22)11-5-9-12(21)15(9,32-11)7-31-36(27,28)34-37(29,30)33-35(24,25)26/h1-2,6,9,11-12,21H,3-5,7,16H2,(H,17,20)(H,27,28)(H,29,30)(H,18,22,23)(H2,24,25,26)/b2-1+/t9?,11-,12-,15?/m1/s1. The summed E-state index contributed by atoms with van der Waals surface area (Å²) in [6.07, 6.45) is 0.867. The van der Waals surface area contributed by atoms with Gasteiger partial charge in [0, 0.05) is 37.7 Å². The van der Waals surface area contributed by atoms with Crippen molar-refractivity contribution >= 4 is 35.5 Å². The van der Waals surface area contributed by atoms with Crippen LogP contribution in [0, 0.1) is 5.92 Å². The first kappa shape index (κ1) is 29.7. The minimum absolute atomic E-state index is 0.0347. The van der Waals surface area contributed by atoms with Crippen LogP contribution in [-0.2, 0) is 36.4 Å². The van der Waals surface area contributed by atoms with Gasteiger partial charge in [-0.05, 0) is 6.08 Å². The van der Waals surface area contributed by atoms with Crippen molar-refractivity contribution in [2.24, 2.45) is 11.7 Å². The lowest BCUT2D eigenvalue weighted by Crippen LogP contribution is -2.36. The van der Waals surface area contributed by atoms with Crippen molar-refractivity contribution in [3.8, 4) is 0 Å². The van der Waals surface area contributed by atoms with Crippen LogP contribution in [0.2, 0.25) is 0 Å². The van der Waals surface area contributed by atoms with Gasteiger partial charge in [0.25, 0.3) is 5.56 Å². The van der Waals surface area contributed by atoms with Crippen LogP contribution >= 0.6 is 23.5 Å². The Morgan fingerprint density at radius 3 is 2.54 bits per heavy atom. The van der Waals surface area contributed by atoms with E-state index in [1.165, 1.54) is 0 Å². The zero-order valence-corrected chi connectivity index (χ0v) is 21.2. The number of rotatable bonds is 12. The Morgan fingerprint density at radius 1 is 1.24 bits per heavy atom. The van der Waals surface area contributed by atoms with Gasteiger partial charge in [0.15, 0.2) is 0 Å². The summed E-state index contributed by atoms with van der Waals surface area (Å²) in [6, 6.07) is 0. The van der Waals surface area contributed by atoms with Gasteiger partial charge in [-0.1, -0.05) is 0 Å². The van der Waals surface area contributed by atoms with Crippen LogP contribution in [-0.4, -0.2) is 71.5 Å². The van der Waals surface area contributed by atoms with Crippen LogP contribution in [0.15, 0.2) is 21.9 Å². The molecule has 19 nitrogen and oxygen atoms in total. The van der Waals surface area contributed by atoms with E-state index < -0.39 is 71.1 Å². The molecule has 2 fully saturated rings. The smallest absolute Gasteiger partial charge is 0.390 e. The number of aromatic amines is 1. The fourth-order valence-corrected chi connectivity index (χ4v) is 6.67. The first-order valence-corrected chi connectivity index (χ1v) is 14.7. The lowest BCUT2D eigenvalue weighted by molar-refractivity contribution is -0.116. The Morgan fingerprint density at radius 2 is 1.92 bits per heavy atom. The second kappa shape index (κ2) is 10.7. The van der Waals surface area contributed by atoms with Gasteiger partial charge >= 0.3 is 29.2 Å². The molecule has 208 valence electrons. The quantitative estimate of drug-likeness (QED) is 0.0928. The molecule has 0 radical (unpaired) electrons. The van der Waals surface area contributed by atoms with Gasteiger partial charge in [0.2, 0.25) is 5.91 Å². The second-order valence-corrected chi connectivity index (χ2v) is 12.3. The molecule has 37 heavy (non-hydrogen) atoms. The lowest BCUT2D eigenvalue weighted by Gasteiger charge is -2.23. The topological polar surface area (TPSA) is 299 Å². The number of nitrogens with two attached hydrogens (primary N) is 1. The molecule has 2 heterocycles. The fourth-order valence-electron chi connectivity index (χ4n) is 3.61. The van der Waals surface area contributed by atoms with Crippen LogP contribution in [0.1, 0.15) is 18.2 Å². The number of aromatic nitrogens is 2. The molecule has 3 rings (SSSR count). The number of nitrogens with zero attached hydrogens (tertiary/aromatic N) is 1. The predicted molar refractivity (Wildman–Crippen MR) is 119 cm³/mol. The van der Waals surface area contributed by atoms with Crippen molar-refractivity contribution < 1.29 is 61.1 Å². The number of nitrogens with one attached hydrogen (secondary N) is 2. The molecule has 1 saturated heterocycles. The maximum absolute atomic E-state index is 12.3. The molecule has 1 aromatic heterocycles. The number of phosphoric ester groups is 1. The van der Waals surface area contributed by atoms with Gasteiger partial charge in [0.1, 0.15) is 11.8 Å². The average molecular weight is 592 g/mol. The highest BCUT2D eigenvalue weighted by molar-refractivity contribution is 7.66. The number of ether oxygens (including phenoxy) is 1. The zero-order chi connectivity index (χ0) is 27.8. The number of H-pyrrole nitrogens is 1. The highest BCUT2D eigenvalue weighted by Crippen LogP contribution is 2.67. The molecular formula is C15H23N4O15P3. The average Bonchev–Trinajstić information content (AvgIpc) is 3.09. The van der Waals surface area contributed by atoms with Gasteiger partial charge in [-0.15, -0.1) is 0 Å². The van der Waals surface area contributed by atoms with Gasteiger partial charge in [0.05, 0.1) is 18.3 Å². The summed E-state index contributed by atoms with van der Waals surface area (Å²) in [5.74, 6) is -1.29. The number of aliphatic hydroxyl groups is 1. The molecule has 1 aliphatic carbocycles. The fraction of sp³-hybridized carbons (Fsp3) is 0.533. The van der Waals surface area contributed by atoms with Gasteiger partial charge in [-0.2, -0.15) is 8.62 Å².